The van der Waals surface area contributed by atoms with Crippen LogP contribution in [0.15, 0.2) is 0 Å². The van der Waals surface area contributed by atoms with E-state index in [0.29, 0.717) is 0 Å². The summed E-state index contributed by atoms with van der Waals surface area (Å²) in [6, 6.07) is 0. The maximum atomic E-state index is 5.88. The van der Waals surface area contributed by atoms with Crippen LogP contribution in [0.5, 0.6) is 0 Å². The lowest BCUT2D eigenvalue weighted by Crippen LogP contribution is -2.52. The van der Waals surface area contributed by atoms with Crippen molar-refractivity contribution in [3.05, 3.63) is 0 Å². The number of rotatable bonds is 1. The zero-order valence-electron chi connectivity index (χ0n) is 8.85. The number of alkyl halides is 6. The lowest BCUT2D eigenvalue weighted by atomic mass is 9.97. The standard InChI is InChI=1S/C6H6Cl6.CH8OSi2/c7-1-2(8)4(10)6(12)5(11)3(1)9;1-4-2-3/h1-6H;4H2,1,3H3/t1-,2-,3-,4+,5+,6+;. The van der Waals surface area contributed by atoms with Gasteiger partial charge in [0.25, 0.3) is 0 Å². The van der Waals surface area contributed by atoms with Gasteiger partial charge in [-0.2, -0.15) is 0 Å². The Hall–Kier alpha value is 2.13. The summed E-state index contributed by atoms with van der Waals surface area (Å²) in [5.41, 5.74) is 0. The monoisotopic (exact) mass is 380 g/mol. The Kier molecular flexibility index (Phi) is 10.3. The van der Waals surface area contributed by atoms with Gasteiger partial charge in [0.05, 0.1) is 32.3 Å². The van der Waals surface area contributed by atoms with Gasteiger partial charge in [-0.15, -0.1) is 69.6 Å². The summed E-state index contributed by atoms with van der Waals surface area (Å²) < 4.78 is 4.82. The maximum Gasteiger partial charge on any atom is 0.142 e. The SMILES string of the molecule is C[SiH2]O[SiH3].Cl[C@H]1[C@H](Cl)[C@@H](Cl)[C@@H](Cl)[C@H](Cl)[C@H]1Cl. The molecule has 0 radical (unpaired) electrons. The van der Waals surface area contributed by atoms with Crippen molar-refractivity contribution in [2.75, 3.05) is 0 Å². The summed E-state index contributed by atoms with van der Waals surface area (Å²) in [4.78, 5) is 0. The minimum absolute atomic E-state index is 0.0139. The van der Waals surface area contributed by atoms with Crippen LogP contribution in [0.25, 0.3) is 0 Å². The van der Waals surface area contributed by atoms with E-state index in [-0.39, 0.29) is 9.76 Å². The first-order valence-corrected chi connectivity index (χ1v) is 10.1. The van der Waals surface area contributed by atoms with Gasteiger partial charge in [-0.3, -0.25) is 0 Å². The average molecular weight is 383 g/mol. The van der Waals surface area contributed by atoms with Crippen molar-refractivity contribution in [2.45, 2.75) is 38.8 Å². The molecule has 0 N–H and O–H groups in total. The maximum absolute atomic E-state index is 5.88. The summed E-state index contributed by atoms with van der Waals surface area (Å²) in [6.45, 7) is 2.13. The van der Waals surface area contributed by atoms with Gasteiger partial charge in [0.2, 0.25) is 0 Å². The Morgan fingerprint density at radius 1 is 0.750 bits per heavy atom. The molecule has 1 aliphatic carbocycles. The van der Waals surface area contributed by atoms with Crippen molar-refractivity contribution >= 4 is 89.9 Å². The molecule has 0 unspecified atom stereocenters. The predicted octanol–water partition coefficient (Wildman–Crippen LogP) is 2.06. The highest BCUT2D eigenvalue weighted by Crippen LogP contribution is 2.39. The first-order valence-electron chi connectivity index (χ1n) is 4.71. The molecule has 1 saturated carbocycles. The molecule has 9 heteroatoms. The molecule has 1 nitrogen and oxygen atoms in total. The van der Waals surface area contributed by atoms with Crippen LogP contribution >= 0.6 is 69.6 Å². The topological polar surface area (TPSA) is 9.23 Å². The van der Waals surface area contributed by atoms with Crippen LogP contribution in [-0.4, -0.2) is 52.5 Å². The van der Waals surface area contributed by atoms with Crippen LogP contribution < -0.4 is 0 Å². The van der Waals surface area contributed by atoms with Crippen molar-refractivity contribution in [2.24, 2.45) is 0 Å². The minimum atomic E-state index is -0.437. The summed E-state index contributed by atoms with van der Waals surface area (Å²) >= 11 is 35.3. The molecule has 98 valence electrons. The van der Waals surface area contributed by atoms with Crippen molar-refractivity contribution in [3.8, 4) is 0 Å². The molecule has 0 aliphatic heterocycles. The van der Waals surface area contributed by atoms with Crippen LogP contribution in [0.4, 0.5) is 0 Å². The molecule has 0 atom stereocenters. The van der Waals surface area contributed by atoms with Gasteiger partial charge in [0.1, 0.15) is 20.2 Å². The molecule has 1 aliphatic rings. The van der Waals surface area contributed by atoms with Crippen LogP contribution in [0.3, 0.4) is 0 Å². The molecule has 1 rings (SSSR count). The Morgan fingerprint density at radius 2 is 0.875 bits per heavy atom. The Morgan fingerprint density at radius 3 is 0.938 bits per heavy atom. The lowest BCUT2D eigenvalue weighted by Gasteiger charge is -2.37. The molecule has 0 aromatic rings. The highest BCUT2D eigenvalue weighted by molar-refractivity contribution is 6.45. The van der Waals surface area contributed by atoms with Crippen LogP contribution in [0, 0.1) is 0 Å². The van der Waals surface area contributed by atoms with Crippen molar-refractivity contribution in [1.82, 2.24) is 0 Å². The molecule has 16 heavy (non-hydrogen) atoms. The fourth-order valence-corrected chi connectivity index (χ4v) is 3.38. The molecule has 0 aromatic heterocycles. The first-order chi connectivity index (χ1) is 7.38. The van der Waals surface area contributed by atoms with Crippen LogP contribution in [0.1, 0.15) is 0 Å². The van der Waals surface area contributed by atoms with E-state index < -0.39 is 32.3 Å². The van der Waals surface area contributed by atoms with Gasteiger partial charge in [-0.05, 0) is 0 Å². The summed E-state index contributed by atoms with van der Waals surface area (Å²) in [5.74, 6) is 0. The van der Waals surface area contributed by atoms with E-state index in [0.717, 1.165) is 10.5 Å². The summed E-state index contributed by atoms with van der Waals surface area (Å²) in [5, 5.41) is -2.62. The van der Waals surface area contributed by atoms with Gasteiger partial charge in [0.15, 0.2) is 0 Å². The van der Waals surface area contributed by atoms with Crippen molar-refractivity contribution in [3.63, 3.8) is 0 Å². The zero-order chi connectivity index (χ0) is 12.9. The van der Waals surface area contributed by atoms with E-state index in [1.54, 1.807) is 0 Å². The van der Waals surface area contributed by atoms with Crippen LogP contribution in [0.2, 0.25) is 6.55 Å². The highest BCUT2D eigenvalue weighted by Gasteiger charge is 2.46. The molecule has 0 bridgehead atoms. The Labute approximate surface area is 132 Å². The quantitative estimate of drug-likeness (QED) is 0.498. The van der Waals surface area contributed by atoms with E-state index in [1.807, 2.05) is 0 Å². The van der Waals surface area contributed by atoms with Gasteiger partial charge in [0, 0.05) is 0 Å². The van der Waals surface area contributed by atoms with E-state index in [1.165, 1.54) is 0 Å². The first kappa shape index (κ1) is 18.1. The largest absolute Gasteiger partial charge is 0.468 e. The van der Waals surface area contributed by atoms with E-state index in [4.69, 9.17) is 73.7 Å². The van der Waals surface area contributed by atoms with Crippen molar-refractivity contribution < 1.29 is 4.12 Å². The molecule has 0 saturated heterocycles. The minimum Gasteiger partial charge on any atom is -0.468 e. The zero-order valence-corrected chi connectivity index (χ0v) is 16.8. The summed E-state index contributed by atoms with van der Waals surface area (Å²) in [6.07, 6.45) is 0. The van der Waals surface area contributed by atoms with Gasteiger partial charge < -0.3 is 4.12 Å². The second-order valence-electron chi connectivity index (χ2n) is 3.24. The van der Waals surface area contributed by atoms with Crippen LogP contribution in [-0.2, 0) is 4.12 Å². The third kappa shape index (κ3) is 5.02. The number of halogens is 6. The molecular weight excluding hydrogens is 369 g/mol. The molecule has 0 aromatic carbocycles. The second kappa shape index (κ2) is 9.10. The molecule has 0 amide bonds. The van der Waals surface area contributed by atoms with E-state index in [2.05, 4.69) is 6.55 Å². The molecule has 0 spiro atoms. The number of hydrogen-bond donors (Lipinski definition) is 0. The number of hydrogen-bond acceptors (Lipinski definition) is 1. The smallest absolute Gasteiger partial charge is 0.142 e. The third-order valence-electron chi connectivity index (χ3n) is 2.11. The lowest BCUT2D eigenvalue weighted by molar-refractivity contribution is 0.544. The normalized spacial score (nSPS) is 44.4. The Bertz CT molecular complexity index is 139. The Balaban J connectivity index is 0.000000487. The predicted molar refractivity (Wildman–Crippen MR) is 83.3 cm³/mol. The van der Waals surface area contributed by atoms with Crippen molar-refractivity contribution in [1.29, 1.82) is 0 Å². The van der Waals surface area contributed by atoms with Gasteiger partial charge in [-0.25, -0.2) is 0 Å². The third-order valence-corrected chi connectivity index (χ3v) is 8.45. The van der Waals surface area contributed by atoms with Gasteiger partial charge >= 0.3 is 0 Å². The molecule has 0 heterocycles. The molecular formula is C7H14Cl6OSi2. The summed E-state index contributed by atoms with van der Waals surface area (Å²) in [7, 11) is 0.938. The fraction of sp³-hybridized carbons (Fsp3) is 1.00. The van der Waals surface area contributed by atoms with E-state index in [9.17, 15) is 0 Å². The fourth-order valence-electron chi connectivity index (χ4n) is 1.05. The second-order valence-corrected chi connectivity index (χ2v) is 9.15. The molecule has 1 fully saturated rings. The van der Waals surface area contributed by atoms with Gasteiger partial charge in [-0.1, -0.05) is 6.55 Å². The highest BCUT2D eigenvalue weighted by atomic mass is 35.5. The van der Waals surface area contributed by atoms with E-state index >= 15 is 0 Å². The average Bonchev–Trinajstić information content (AvgIpc) is 2.31.